The summed E-state index contributed by atoms with van der Waals surface area (Å²) in [5.74, 6) is 0.134. The molecule has 20 heavy (non-hydrogen) atoms. The molecular weight excluding hydrogens is 292 g/mol. The van der Waals surface area contributed by atoms with Gasteiger partial charge in [-0.25, -0.2) is 0 Å². The zero-order valence-corrected chi connectivity index (χ0v) is 12.2. The molecule has 4 heteroatoms. The van der Waals surface area contributed by atoms with Crippen molar-refractivity contribution >= 4 is 29.1 Å². The summed E-state index contributed by atoms with van der Waals surface area (Å²) in [6, 6.07) is 17.0. The lowest BCUT2D eigenvalue weighted by Crippen LogP contribution is -2.04. The number of carbonyl (C=O) groups excluding carboxylic acids is 1. The molecular formula is C16H13ClO2S. The number of thioether (sulfide) groups is 1. The van der Waals surface area contributed by atoms with E-state index in [1.165, 1.54) is 0 Å². The molecule has 0 saturated carbocycles. The monoisotopic (exact) mass is 304 g/mol. The SMILES string of the molecule is O=C(CC1OC1Sc1ccc(Cl)cc1)c1ccccc1. The van der Waals surface area contributed by atoms with E-state index < -0.39 is 0 Å². The molecule has 1 saturated heterocycles. The third kappa shape index (κ3) is 3.42. The van der Waals surface area contributed by atoms with Crippen LogP contribution in [0.1, 0.15) is 16.8 Å². The summed E-state index contributed by atoms with van der Waals surface area (Å²) in [5.41, 5.74) is 0.821. The predicted molar refractivity (Wildman–Crippen MR) is 81.4 cm³/mol. The van der Waals surface area contributed by atoms with Crippen molar-refractivity contribution in [2.45, 2.75) is 22.9 Å². The molecule has 0 spiro atoms. The Bertz CT molecular complexity index is 598. The van der Waals surface area contributed by atoms with Crippen LogP contribution in [0.5, 0.6) is 0 Å². The maximum absolute atomic E-state index is 12.0. The van der Waals surface area contributed by atoms with Gasteiger partial charge >= 0.3 is 0 Å². The van der Waals surface area contributed by atoms with Crippen LogP contribution in [0.15, 0.2) is 59.5 Å². The van der Waals surface area contributed by atoms with E-state index in [-0.39, 0.29) is 17.3 Å². The molecule has 102 valence electrons. The van der Waals surface area contributed by atoms with Crippen LogP contribution in [0.3, 0.4) is 0 Å². The van der Waals surface area contributed by atoms with Gasteiger partial charge in [0.1, 0.15) is 11.5 Å². The molecule has 0 N–H and O–H groups in total. The fraction of sp³-hybridized carbons (Fsp3) is 0.188. The normalized spacial score (nSPS) is 20.6. The Morgan fingerprint density at radius 3 is 2.50 bits per heavy atom. The van der Waals surface area contributed by atoms with E-state index in [0.717, 1.165) is 15.5 Å². The molecule has 2 atom stereocenters. The molecule has 3 rings (SSSR count). The van der Waals surface area contributed by atoms with Crippen molar-refractivity contribution in [1.29, 1.82) is 0 Å². The van der Waals surface area contributed by atoms with Crippen molar-refractivity contribution in [2.75, 3.05) is 0 Å². The van der Waals surface area contributed by atoms with Crippen molar-refractivity contribution in [2.24, 2.45) is 0 Å². The van der Waals surface area contributed by atoms with Gasteiger partial charge in [-0.3, -0.25) is 4.79 Å². The first-order chi connectivity index (χ1) is 9.72. The van der Waals surface area contributed by atoms with E-state index in [1.807, 2.05) is 54.6 Å². The summed E-state index contributed by atoms with van der Waals surface area (Å²) >= 11 is 7.47. The molecule has 1 fully saturated rings. The highest BCUT2D eigenvalue weighted by molar-refractivity contribution is 8.00. The van der Waals surface area contributed by atoms with Crippen LogP contribution in [-0.2, 0) is 4.74 Å². The second kappa shape index (κ2) is 6.00. The lowest BCUT2D eigenvalue weighted by molar-refractivity contribution is 0.0972. The number of halogens is 1. The number of ketones is 1. The second-order valence-electron chi connectivity index (χ2n) is 4.61. The minimum Gasteiger partial charge on any atom is -0.357 e. The Hall–Kier alpha value is -1.29. The Labute approximate surface area is 127 Å². The summed E-state index contributed by atoms with van der Waals surface area (Å²) in [6.07, 6.45) is 0.457. The first-order valence-corrected chi connectivity index (χ1v) is 7.64. The maximum atomic E-state index is 12.0. The quantitative estimate of drug-likeness (QED) is 0.604. The standard InChI is InChI=1S/C16H13ClO2S/c17-12-6-8-13(9-7-12)20-16-15(19-16)10-14(18)11-4-2-1-3-5-11/h1-9,15-16H,10H2. The fourth-order valence-electron chi connectivity index (χ4n) is 1.95. The molecule has 1 aliphatic rings. The van der Waals surface area contributed by atoms with Gasteiger partial charge in [0, 0.05) is 21.9 Å². The lowest BCUT2D eigenvalue weighted by atomic mass is 10.1. The molecule has 2 nitrogen and oxygen atoms in total. The Kier molecular flexibility index (Phi) is 4.10. The van der Waals surface area contributed by atoms with Crippen LogP contribution in [0.25, 0.3) is 0 Å². The van der Waals surface area contributed by atoms with Crippen LogP contribution in [-0.4, -0.2) is 17.3 Å². The zero-order valence-electron chi connectivity index (χ0n) is 10.7. The minimum absolute atomic E-state index is 0.0170. The smallest absolute Gasteiger partial charge is 0.165 e. The summed E-state index contributed by atoms with van der Waals surface area (Å²) in [7, 11) is 0. The van der Waals surface area contributed by atoms with E-state index >= 15 is 0 Å². The Balaban J connectivity index is 1.52. The fourth-order valence-corrected chi connectivity index (χ4v) is 3.08. The largest absolute Gasteiger partial charge is 0.357 e. The van der Waals surface area contributed by atoms with E-state index in [4.69, 9.17) is 16.3 Å². The summed E-state index contributed by atoms with van der Waals surface area (Å²) in [5, 5.41) is 0.724. The number of hydrogen-bond acceptors (Lipinski definition) is 3. The van der Waals surface area contributed by atoms with Crippen LogP contribution in [0, 0.1) is 0 Å². The van der Waals surface area contributed by atoms with Gasteiger partial charge in [-0.15, -0.1) is 0 Å². The first kappa shape index (κ1) is 13.7. The number of ether oxygens (including phenoxy) is 1. The van der Waals surface area contributed by atoms with Crippen molar-refractivity contribution in [1.82, 2.24) is 0 Å². The van der Waals surface area contributed by atoms with Crippen LogP contribution >= 0.6 is 23.4 Å². The zero-order chi connectivity index (χ0) is 13.9. The number of epoxide rings is 1. The topological polar surface area (TPSA) is 29.6 Å². The van der Waals surface area contributed by atoms with Crippen molar-refractivity contribution < 1.29 is 9.53 Å². The highest BCUT2D eigenvalue weighted by atomic mass is 35.5. The summed E-state index contributed by atoms with van der Waals surface area (Å²) < 4.78 is 5.55. The Morgan fingerprint density at radius 2 is 1.80 bits per heavy atom. The maximum Gasteiger partial charge on any atom is 0.165 e. The molecule has 2 aromatic rings. The minimum atomic E-state index is 0.0170. The van der Waals surface area contributed by atoms with E-state index in [1.54, 1.807) is 11.8 Å². The number of Topliss-reactive ketones (excluding diaryl/α,β-unsaturated/α-hetero) is 1. The molecule has 1 aliphatic heterocycles. The van der Waals surface area contributed by atoms with Gasteiger partial charge in [-0.05, 0) is 24.3 Å². The first-order valence-electron chi connectivity index (χ1n) is 6.38. The summed E-state index contributed by atoms with van der Waals surface area (Å²) in [6.45, 7) is 0. The molecule has 0 aliphatic carbocycles. The molecule has 2 unspecified atom stereocenters. The van der Waals surface area contributed by atoms with E-state index in [2.05, 4.69) is 0 Å². The van der Waals surface area contributed by atoms with Gasteiger partial charge in [-0.2, -0.15) is 0 Å². The number of hydrogen-bond donors (Lipinski definition) is 0. The third-order valence-electron chi connectivity index (χ3n) is 3.08. The average molecular weight is 305 g/mol. The van der Waals surface area contributed by atoms with Crippen LogP contribution in [0.4, 0.5) is 0 Å². The number of benzene rings is 2. The highest BCUT2D eigenvalue weighted by Gasteiger charge is 2.41. The van der Waals surface area contributed by atoms with Gasteiger partial charge in [0.05, 0.1) is 0 Å². The molecule has 0 radical (unpaired) electrons. The van der Waals surface area contributed by atoms with Crippen LogP contribution < -0.4 is 0 Å². The molecule has 0 aromatic heterocycles. The van der Waals surface area contributed by atoms with Crippen molar-refractivity contribution in [3.8, 4) is 0 Å². The van der Waals surface area contributed by atoms with Crippen molar-refractivity contribution in [3.05, 3.63) is 65.2 Å². The van der Waals surface area contributed by atoms with E-state index in [9.17, 15) is 4.79 Å². The molecule has 0 amide bonds. The predicted octanol–water partition coefficient (Wildman–Crippen LogP) is 4.43. The van der Waals surface area contributed by atoms with Gasteiger partial charge in [-0.1, -0.05) is 53.7 Å². The van der Waals surface area contributed by atoms with Gasteiger partial charge in [0.15, 0.2) is 5.78 Å². The van der Waals surface area contributed by atoms with E-state index in [0.29, 0.717) is 6.42 Å². The number of rotatable bonds is 5. The molecule has 1 heterocycles. The van der Waals surface area contributed by atoms with Crippen LogP contribution in [0.2, 0.25) is 5.02 Å². The van der Waals surface area contributed by atoms with Gasteiger partial charge in [0.25, 0.3) is 0 Å². The second-order valence-corrected chi connectivity index (χ2v) is 6.22. The lowest BCUT2D eigenvalue weighted by Gasteiger charge is -1.99. The Morgan fingerprint density at radius 1 is 1.10 bits per heavy atom. The molecule has 0 bridgehead atoms. The number of carbonyl (C=O) groups is 1. The molecule has 2 aromatic carbocycles. The van der Waals surface area contributed by atoms with Crippen molar-refractivity contribution in [3.63, 3.8) is 0 Å². The summed E-state index contributed by atoms with van der Waals surface area (Å²) in [4.78, 5) is 13.1. The highest BCUT2D eigenvalue weighted by Crippen LogP contribution is 2.40. The van der Waals surface area contributed by atoms with Gasteiger partial charge < -0.3 is 4.74 Å². The van der Waals surface area contributed by atoms with Gasteiger partial charge in [0.2, 0.25) is 0 Å². The average Bonchev–Trinajstić information content (AvgIpc) is 3.20. The third-order valence-corrected chi connectivity index (χ3v) is 4.53.